The SMILES string of the molecule is Cc1ccc(C)c(NC(=O)[C@@H](C)[NH+]2CCC(C(N)=O)CC2)c1. The van der Waals surface area contributed by atoms with Crippen molar-refractivity contribution in [2.75, 3.05) is 18.4 Å². The summed E-state index contributed by atoms with van der Waals surface area (Å²) in [4.78, 5) is 24.9. The Bertz CT molecular complexity index is 563. The van der Waals surface area contributed by atoms with Gasteiger partial charge in [-0.05, 0) is 38.0 Å². The first-order valence-electron chi connectivity index (χ1n) is 7.90. The zero-order valence-corrected chi connectivity index (χ0v) is 13.6. The van der Waals surface area contributed by atoms with E-state index >= 15 is 0 Å². The maximum Gasteiger partial charge on any atom is 0.282 e. The largest absolute Gasteiger partial charge is 0.369 e. The van der Waals surface area contributed by atoms with Crippen molar-refractivity contribution in [1.29, 1.82) is 0 Å². The molecule has 1 saturated heterocycles. The van der Waals surface area contributed by atoms with Gasteiger partial charge in [0.05, 0.1) is 13.1 Å². The number of aryl methyl sites for hydroxylation is 2. The van der Waals surface area contributed by atoms with Gasteiger partial charge in [-0.25, -0.2) is 0 Å². The molecule has 120 valence electrons. The van der Waals surface area contributed by atoms with Crippen LogP contribution < -0.4 is 16.0 Å². The second-order valence-corrected chi connectivity index (χ2v) is 6.36. The van der Waals surface area contributed by atoms with Crippen molar-refractivity contribution >= 4 is 17.5 Å². The van der Waals surface area contributed by atoms with E-state index in [1.54, 1.807) is 0 Å². The Morgan fingerprint density at radius 1 is 1.27 bits per heavy atom. The van der Waals surface area contributed by atoms with Crippen molar-refractivity contribution in [1.82, 2.24) is 0 Å². The molecule has 1 aliphatic heterocycles. The molecule has 0 spiro atoms. The van der Waals surface area contributed by atoms with Gasteiger partial charge in [0.25, 0.3) is 5.91 Å². The molecule has 2 rings (SSSR count). The number of hydrogen-bond acceptors (Lipinski definition) is 2. The topological polar surface area (TPSA) is 76.6 Å². The predicted octanol–water partition coefficient (Wildman–Crippen LogP) is 0.411. The predicted molar refractivity (Wildman–Crippen MR) is 86.6 cm³/mol. The summed E-state index contributed by atoms with van der Waals surface area (Å²) >= 11 is 0. The molecule has 1 heterocycles. The van der Waals surface area contributed by atoms with Crippen LogP contribution in [0.3, 0.4) is 0 Å². The van der Waals surface area contributed by atoms with Gasteiger partial charge in [-0.1, -0.05) is 12.1 Å². The molecule has 22 heavy (non-hydrogen) atoms. The van der Waals surface area contributed by atoms with E-state index < -0.39 is 0 Å². The first-order valence-corrected chi connectivity index (χ1v) is 7.90. The third-order valence-corrected chi connectivity index (χ3v) is 4.69. The number of benzene rings is 1. The van der Waals surface area contributed by atoms with Gasteiger partial charge in [0, 0.05) is 24.4 Å². The second-order valence-electron chi connectivity index (χ2n) is 6.36. The van der Waals surface area contributed by atoms with Crippen LogP contribution in [0, 0.1) is 19.8 Å². The van der Waals surface area contributed by atoms with Gasteiger partial charge in [0.1, 0.15) is 0 Å². The Kier molecular flexibility index (Phi) is 5.19. The summed E-state index contributed by atoms with van der Waals surface area (Å²) in [7, 11) is 0. The minimum atomic E-state index is -0.216. The molecule has 0 saturated carbocycles. The number of rotatable bonds is 4. The fraction of sp³-hybridized carbons (Fsp3) is 0.529. The highest BCUT2D eigenvalue weighted by Gasteiger charge is 2.32. The molecule has 0 unspecified atom stereocenters. The zero-order valence-electron chi connectivity index (χ0n) is 13.6. The van der Waals surface area contributed by atoms with Gasteiger partial charge >= 0.3 is 0 Å². The Labute approximate surface area is 131 Å². The Morgan fingerprint density at radius 3 is 2.50 bits per heavy atom. The molecule has 5 nitrogen and oxygen atoms in total. The molecule has 1 fully saturated rings. The van der Waals surface area contributed by atoms with Crippen LogP contribution in [-0.2, 0) is 9.59 Å². The Hall–Kier alpha value is -1.88. The molecule has 0 radical (unpaired) electrons. The summed E-state index contributed by atoms with van der Waals surface area (Å²) < 4.78 is 0. The minimum Gasteiger partial charge on any atom is -0.369 e. The molecule has 1 aromatic carbocycles. The van der Waals surface area contributed by atoms with Crippen molar-refractivity contribution in [2.24, 2.45) is 11.7 Å². The number of hydrogen-bond donors (Lipinski definition) is 3. The van der Waals surface area contributed by atoms with Crippen molar-refractivity contribution in [3.8, 4) is 0 Å². The first kappa shape index (κ1) is 16.5. The van der Waals surface area contributed by atoms with Gasteiger partial charge in [0.2, 0.25) is 5.91 Å². The minimum absolute atomic E-state index is 0.0289. The lowest BCUT2D eigenvalue weighted by Crippen LogP contribution is -3.17. The van der Waals surface area contributed by atoms with Crippen LogP contribution in [-0.4, -0.2) is 30.9 Å². The average molecular weight is 304 g/mol. The summed E-state index contributed by atoms with van der Waals surface area (Å²) in [6, 6.07) is 5.91. The molecule has 2 amide bonds. The number of primary amides is 1. The highest BCUT2D eigenvalue weighted by molar-refractivity contribution is 5.94. The number of quaternary nitrogens is 1. The second kappa shape index (κ2) is 6.92. The van der Waals surface area contributed by atoms with Gasteiger partial charge in [-0.3, -0.25) is 9.59 Å². The molecular weight excluding hydrogens is 278 g/mol. The van der Waals surface area contributed by atoms with Crippen LogP contribution in [0.15, 0.2) is 18.2 Å². The molecular formula is C17H26N3O2+. The molecule has 0 aromatic heterocycles. The van der Waals surface area contributed by atoms with E-state index in [9.17, 15) is 9.59 Å². The molecule has 4 N–H and O–H groups in total. The Morgan fingerprint density at radius 2 is 1.91 bits per heavy atom. The summed E-state index contributed by atoms with van der Waals surface area (Å²) in [5.41, 5.74) is 8.42. The van der Waals surface area contributed by atoms with Crippen LogP contribution in [0.1, 0.15) is 30.9 Å². The summed E-state index contributed by atoms with van der Waals surface area (Å²) in [5, 5.41) is 3.03. The van der Waals surface area contributed by atoms with E-state index in [1.807, 2.05) is 39.0 Å². The quantitative estimate of drug-likeness (QED) is 0.753. The molecule has 0 aliphatic carbocycles. The lowest BCUT2D eigenvalue weighted by Gasteiger charge is -2.31. The van der Waals surface area contributed by atoms with Crippen LogP contribution >= 0.6 is 0 Å². The highest BCUT2D eigenvalue weighted by Crippen LogP contribution is 2.16. The lowest BCUT2D eigenvalue weighted by molar-refractivity contribution is -0.919. The number of nitrogens with one attached hydrogen (secondary N) is 2. The van der Waals surface area contributed by atoms with Crippen LogP contribution in [0.5, 0.6) is 0 Å². The van der Waals surface area contributed by atoms with Crippen LogP contribution in [0.25, 0.3) is 0 Å². The van der Waals surface area contributed by atoms with E-state index in [-0.39, 0.29) is 23.8 Å². The molecule has 0 bridgehead atoms. The standard InChI is InChI=1S/C17H25N3O2/c1-11-4-5-12(2)15(10-11)19-17(22)13(3)20-8-6-14(7-9-20)16(18)21/h4-5,10,13-14H,6-9H2,1-3H3,(H2,18,21)(H,19,22)/p+1/t13-/m1/s1. The van der Waals surface area contributed by atoms with E-state index in [4.69, 9.17) is 5.73 Å². The fourth-order valence-electron chi connectivity index (χ4n) is 3.00. The number of carbonyl (C=O) groups excluding carboxylic acids is 2. The number of amides is 2. The molecule has 1 atom stereocenters. The zero-order chi connectivity index (χ0) is 16.3. The van der Waals surface area contributed by atoms with Crippen molar-refractivity contribution in [3.05, 3.63) is 29.3 Å². The van der Waals surface area contributed by atoms with Gasteiger partial charge < -0.3 is 16.0 Å². The Balaban J connectivity index is 1.95. The smallest absolute Gasteiger partial charge is 0.282 e. The average Bonchev–Trinajstić information content (AvgIpc) is 2.50. The van der Waals surface area contributed by atoms with Crippen molar-refractivity contribution in [2.45, 2.75) is 39.7 Å². The third-order valence-electron chi connectivity index (χ3n) is 4.69. The van der Waals surface area contributed by atoms with E-state index in [1.165, 1.54) is 4.90 Å². The molecule has 1 aromatic rings. The number of piperidine rings is 1. The van der Waals surface area contributed by atoms with E-state index in [0.29, 0.717) is 0 Å². The summed E-state index contributed by atoms with van der Waals surface area (Å²) in [5.74, 6) is -0.217. The fourth-order valence-corrected chi connectivity index (χ4v) is 3.00. The third kappa shape index (κ3) is 3.85. The molecule has 1 aliphatic rings. The van der Waals surface area contributed by atoms with Crippen LogP contribution in [0.2, 0.25) is 0 Å². The van der Waals surface area contributed by atoms with E-state index in [0.717, 1.165) is 42.7 Å². The molecule has 5 heteroatoms. The summed E-state index contributed by atoms with van der Waals surface area (Å²) in [6.07, 6.45) is 1.54. The van der Waals surface area contributed by atoms with Gasteiger partial charge in [-0.15, -0.1) is 0 Å². The van der Waals surface area contributed by atoms with Gasteiger partial charge in [-0.2, -0.15) is 0 Å². The van der Waals surface area contributed by atoms with Crippen molar-refractivity contribution < 1.29 is 14.5 Å². The monoisotopic (exact) mass is 304 g/mol. The first-order chi connectivity index (χ1) is 10.4. The number of carbonyl (C=O) groups is 2. The number of nitrogens with two attached hydrogens (primary N) is 1. The normalized spacial score (nSPS) is 22.9. The van der Waals surface area contributed by atoms with E-state index in [2.05, 4.69) is 5.32 Å². The van der Waals surface area contributed by atoms with Crippen LogP contribution in [0.4, 0.5) is 5.69 Å². The van der Waals surface area contributed by atoms with Gasteiger partial charge in [0.15, 0.2) is 6.04 Å². The maximum atomic E-state index is 12.5. The summed E-state index contributed by atoms with van der Waals surface area (Å²) in [6.45, 7) is 7.58. The highest BCUT2D eigenvalue weighted by atomic mass is 16.2. The van der Waals surface area contributed by atoms with Crippen molar-refractivity contribution in [3.63, 3.8) is 0 Å². The maximum absolute atomic E-state index is 12.5. The number of anilines is 1. The lowest BCUT2D eigenvalue weighted by atomic mass is 9.95. The number of likely N-dealkylation sites (tertiary alicyclic amines) is 1.